The maximum Gasteiger partial charge on any atom is 0.00967 e. The minimum absolute atomic E-state index is 0.218. The van der Waals surface area contributed by atoms with Crippen molar-refractivity contribution >= 4 is 0 Å². The van der Waals surface area contributed by atoms with Crippen LogP contribution in [0.1, 0.15) is 74.1 Å². The number of hydrogen-bond acceptors (Lipinski definition) is 2. The summed E-state index contributed by atoms with van der Waals surface area (Å²) in [5.41, 5.74) is 0.646. The van der Waals surface area contributed by atoms with E-state index in [0.717, 1.165) is 6.54 Å². The van der Waals surface area contributed by atoms with Crippen LogP contribution in [0.2, 0.25) is 0 Å². The van der Waals surface area contributed by atoms with Gasteiger partial charge in [-0.25, -0.2) is 0 Å². The first-order chi connectivity index (χ1) is 8.82. The van der Waals surface area contributed by atoms with E-state index in [9.17, 15) is 0 Å². The Hall–Kier alpha value is -0.0800. The van der Waals surface area contributed by atoms with E-state index >= 15 is 0 Å². The highest BCUT2D eigenvalue weighted by molar-refractivity contribution is 4.85. The third kappa shape index (κ3) is 7.94. The third-order valence-corrected chi connectivity index (χ3v) is 4.13. The molecule has 2 nitrogen and oxygen atoms in total. The Bertz CT molecular complexity index is 208. The van der Waals surface area contributed by atoms with Gasteiger partial charge < -0.3 is 10.2 Å². The smallest absolute Gasteiger partial charge is 0.00967 e. The van der Waals surface area contributed by atoms with Crippen LogP contribution in [0.3, 0.4) is 0 Å². The maximum atomic E-state index is 3.73. The van der Waals surface area contributed by atoms with Gasteiger partial charge >= 0.3 is 0 Å². The number of rotatable bonds is 10. The van der Waals surface area contributed by atoms with Crippen LogP contribution >= 0.6 is 0 Å². The highest BCUT2D eigenvalue weighted by Crippen LogP contribution is 2.28. The molecule has 0 radical (unpaired) electrons. The van der Waals surface area contributed by atoms with Crippen LogP contribution < -0.4 is 5.32 Å². The Balaban J connectivity index is 4.65. The van der Waals surface area contributed by atoms with Crippen LogP contribution in [-0.4, -0.2) is 36.6 Å². The molecule has 2 heteroatoms. The summed E-state index contributed by atoms with van der Waals surface area (Å²) < 4.78 is 0. The molecule has 0 unspecified atom stereocenters. The lowest BCUT2D eigenvalue weighted by Crippen LogP contribution is -2.48. The average Bonchev–Trinajstić information content (AvgIpc) is 2.34. The second-order valence-electron chi connectivity index (χ2n) is 7.09. The van der Waals surface area contributed by atoms with Gasteiger partial charge in [0.05, 0.1) is 0 Å². The average molecular weight is 271 g/mol. The van der Waals surface area contributed by atoms with Gasteiger partial charge in [0.2, 0.25) is 0 Å². The summed E-state index contributed by atoms with van der Waals surface area (Å²) in [6.45, 7) is 20.9. The lowest BCUT2D eigenvalue weighted by Gasteiger charge is -2.39. The van der Waals surface area contributed by atoms with Crippen molar-refractivity contribution in [3.63, 3.8) is 0 Å². The van der Waals surface area contributed by atoms with E-state index in [1.807, 2.05) is 0 Å². The summed E-state index contributed by atoms with van der Waals surface area (Å²) in [5.74, 6) is 0. The van der Waals surface area contributed by atoms with Gasteiger partial charge in [0.25, 0.3) is 0 Å². The SMILES string of the molecule is CCCN(CCC)CC(CC)(CC)CNC(C)(C)C. The monoisotopic (exact) mass is 270 g/mol. The Morgan fingerprint density at radius 1 is 0.842 bits per heavy atom. The molecule has 0 spiro atoms. The molecule has 1 N–H and O–H groups in total. The van der Waals surface area contributed by atoms with Crippen LogP contribution in [0.5, 0.6) is 0 Å². The highest BCUT2D eigenvalue weighted by Gasteiger charge is 2.29. The normalized spacial score (nSPS) is 13.3. The van der Waals surface area contributed by atoms with Gasteiger partial charge in [0, 0.05) is 18.6 Å². The van der Waals surface area contributed by atoms with Crippen molar-refractivity contribution in [2.24, 2.45) is 5.41 Å². The molecule has 0 saturated carbocycles. The van der Waals surface area contributed by atoms with Crippen LogP contribution in [0, 0.1) is 5.41 Å². The molecule has 0 bridgehead atoms. The molecule has 0 aliphatic carbocycles. The molecular formula is C17H38N2. The number of nitrogens with one attached hydrogen (secondary N) is 1. The van der Waals surface area contributed by atoms with Gasteiger partial charge in [-0.3, -0.25) is 0 Å². The zero-order valence-electron chi connectivity index (χ0n) is 14.6. The molecule has 116 valence electrons. The first-order valence-electron chi connectivity index (χ1n) is 8.29. The maximum absolute atomic E-state index is 3.73. The van der Waals surface area contributed by atoms with Crippen molar-refractivity contribution in [2.45, 2.75) is 79.7 Å². The second-order valence-corrected chi connectivity index (χ2v) is 7.09. The molecule has 0 aromatic rings. The van der Waals surface area contributed by atoms with Crippen LogP contribution in [0.25, 0.3) is 0 Å². The molecular weight excluding hydrogens is 232 g/mol. The molecule has 0 fully saturated rings. The lowest BCUT2D eigenvalue weighted by molar-refractivity contribution is 0.125. The molecule has 0 rings (SSSR count). The van der Waals surface area contributed by atoms with E-state index in [2.05, 4.69) is 58.7 Å². The molecule has 0 aliphatic heterocycles. The van der Waals surface area contributed by atoms with Crippen molar-refractivity contribution in [2.75, 3.05) is 26.2 Å². The topological polar surface area (TPSA) is 15.3 Å². The van der Waals surface area contributed by atoms with Crippen molar-refractivity contribution in [3.05, 3.63) is 0 Å². The van der Waals surface area contributed by atoms with Gasteiger partial charge in [-0.1, -0.05) is 27.7 Å². The zero-order chi connectivity index (χ0) is 14.9. The number of nitrogens with zero attached hydrogens (tertiary/aromatic N) is 1. The Morgan fingerprint density at radius 2 is 1.32 bits per heavy atom. The standard InChI is InChI=1S/C17H38N2/c1-8-12-19(13-9-2)15-17(10-3,11-4)14-18-16(5,6)7/h18H,8-15H2,1-7H3. The van der Waals surface area contributed by atoms with E-state index in [0.29, 0.717) is 5.41 Å². The van der Waals surface area contributed by atoms with Crippen molar-refractivity contribution in [3.8, 4) is 0 Å². The lowest BCUT2D eigenvalue weighted by atomic mass is 9.81. The van der Waals surface area contributed by atoms with E-state index < -0.39 is 0 Å². The molecule has 0 aliphatic rings. The Labute approximate surface area is 122 Å². The van der Waals surface area contributed by atoms with Crippen molar-refractivity contribution in [1.82, 2.24) is 10.2 Å². The first-order valence-corrected chi connectivity index (χ1v) is 8.29. The fourth-order valence-electron chi connectivity index (χ4n) is 2.61. The Morgan fingerprint density at radius 3 is 1.63 bits per heavy atom. The predicted molar refractivity (Wildman–Crippen MR) is 87.8 cm³/mol. The van der Waals surface area contributed by atoms with Gasteiger partial charge in [0.1, 0.15) is 0 Å². The van der Waals surface area contributed by atoms with Crippen LogP contribution in [0.15, 0.2) is 0 Å². The summed E-state index contributed by atoms with van der Waals surface area (Å²) in [5, 5.41) is 3.73. The van der Waals surface area contributed by atoms with E-state index in [1.165, 1.54) is 45.3 Å². The van der Waals surface area contributed by atoms with Gasteiger partial charge in [-0.05, 0) is 65.0 Å². The Kier molecular flexibility index (Phi) is 8.93. The van der Waals surface area contributed by atoms with Gasteiger partial charge in [0.15, 0.2) is 0 Å². The molecule has 0 aromatic heterocycles. The summed E-state index contributed by atoms with van der Waals surface area (Å²) in [6, 6.07) is 0. The summed E-state index contributed by atoms with van der Waals surface area (Å²) in [7, 11) is 0. The zero-order valence-corrected chi connectivity index (χ0v) is 14.6. The molecule has 0 saturated heterocycles. The third-order valence-electron chi connectivity index (χ3n) is 4.13. The van der Waals surface area contributed by atoms with E-state index in [1.54, 1.807) is 0 Å². The largest absolute Gasteiger partial charge is 0.311 e. The van der Waals surface area contributed by atoms with Crippen molar-refractivity contribution in [1.29, 1.82) is 0 Å². The second kappa shape index (κ2) is 8.97. The first kappa shape index (κ1) is 18.9. The van der Waals surface area contributed by atoms with Crippen LogP contribution in [-0.2, 0) is 0 Å². The molecule has 0 heterocycles. The minimum Gasteiger partial charge on any atom is -0.311 e. The molecule has 0 amide bonds. The minimum atomic E-state index is 0.218. The fraction of sp³-hybridized carbons (Fsp3) is 1.00. The quantitative estimate of drug-likeness (QED) is 0.636. The van der Waals surface area contributed by atoms with Gasteiger partial charge in [-0.2, -0.15) is 0 Å². The fourth-order valence-corrected chi connectivity index (χ4v) is 2.61. The molecule has 19 heavy (non-hydrogen) atoms. The molecule has 0 aromatic carbocycles. The van der Waals surface area contributed by atoms with Gasteiger partial charge in [-0.15, -0.1) is 0 Å². The molecule has 0 atom stereocenters. The summed E-state index contributed by atoms with van der Waals surface area (Å²) >= 11 is 0. The summed E-state index contributed by atoms with van der Waals surface area (Å²) in [6.07, 6.45) is 5.04. The predicted octanol–water partition coefficient (Wildman–Crippen LogP) is 4.30. The van der Waals surface area contributed by atoms with E-state index in [-0.39, 0.29) is 5.54 Å². The van der Waals surface area contributed by atoms with Crippen LogP contribution in [0.4, 0.5) is 0 Å². The van der Waals surface area contributed by atoms with Crippen molar-refractivity contribution < 1.29 is 0 Å². The summed E-state index contributed by atoms with van der Waals surface area (Å²) in [4.78, 5) is 2.66. The van der Waals surface area contributed by atoms with E-state index in [4.69, 9.17) is 0 Å². The highest BCUT2D eigenvalue weighted by atomic mass is 15.1. The number of hydrogen-bond donors (Lipinski definition) is 1.